The zero-order valence-corrected chi connectivity index (χ0v) is 17.1. The Hall–Kier alpha value is -2.13. The lowest BCUT2D eigenvalue weighted by Crippen LogP contribution is -2.30. The molecule has 0 aliphatic rings. The molecule has 0 bridgehead atoms. The fourth-order valence-electron chi connectivity index (χ4n) is 2.34. The molecule has 2 aromatic carbocycles. The first-order valence-corrected chi connectivity index (χ1v) is 9.99. The van der Waals surface area contributed by atoms with Gasteiger partial charge in [0.05, 0.1) is 12.8 Å². The van der Waals surface area contributed by atoms with E-state index >= 15 is 0 Å². The van der Waals surface area contributed by atoms with E-state index in [2.05, 4.69) is 38.2 Å². The summed E-state index contributed by atoms with van der Waals surface area (Å²) in [6.07, 6.45) is 0.753. The van der Waals surface area contributed by atoms with Crippen LogP contribution in [0.25, 0.3) is 11.3 Å². The molecule has 26 heavy (non-hydrogen) atoms. The second-order valence-corrected chi connectivity index (χ2v) is 7.63. The Morgan fingerprint density at radius 2 is 1.88 bits per heavy atom. The van der Waals surface area contributed by atoms with Gasteiger partial charge >= 0.3 is 6.03 Å². The van der Waals surface area contributed by atoms with E-state index in [1.54, 1.807) is 7.11 Å². The number of hydrogen-bond acceptors (Lipinski definition) is 4. The summed E-state index contributed by atoms with van der Waals surface area (Å²) in [6.45, 7) is 0.549. The zero-order chi connectivity index (χ0) is 18.4. The summed E-state index contributed by atoms with van der Waals surface area (Å²) in [6, 6.07) is 15.7. The Balaban J connectivity index is 1.48. The maximum absolute atomic E-state index is 12.0. The van der Waals surface area contributed by atoms with Gasteiger partial charge in [-0.2, -0.15) is 0 Å². The number of amides is 2. The van der Waals surface area contributed by atoms with Crippen molar-refractivity contribution in [3.63, 3.8) is 0 Å². The third-order valence-electron chi connectivity index (χ3n) is 3.72. The summed E-state index contributed by atoms with van der Waals surface area (Å²) in [5.41, 5.74) is 3.04. The number of thiazole rings is 1. The van der Waals surface area contributed by atoms with Crippen LogP contribution >= 0.6 is 33.9 Å². The molecule has 3 rings (SSSR count). The molecule has 0 aliphatic heterocycles. The number of nitrogens with zero attached hydrogens (tertiary/aromatic N) is 1. The molecule has 0 saturated heterocycles. The number of urea groups is 1. The first-order valence-electron chi connectivity index (χ1n) is 8.03. The third-order valence-corrected chi connectivity index (χ3v) is 5.20. The van der Waals surface area contributed by atoms with Gasteiger partial charge in [0, 0.05) is 21.1 Å². The summed E-state index contributed by atoms with van der Waals surface area (Å²) in [5.74, 6) is 0.826. The van der Waals surface area contributed by atoms with Crippen LogP contribution in [-0.2, 0) is 6.42 Å². The van der Waals surface area contributed by atoms with Crippen molar-refractivity contribution in [1.29, 1.82) is 0 Å². The number of carbonyl (C=O) groups excluding carboxylic acids is 1. The minimum atomic E-state index is -0.248. The number of nitrogens with one attached hydrogen (secondary N) is 2. The third kappa shape index (κ3) is 5.18. The lowest BCUT2D eigenvalue weighted by Gasteiger charge is -2.06. The number of ether oxygens (including phenoxy) is 1. The molecule has 5 nitrogen and oxygen atoms in total. The molecule has 0 fully saturated rings. The normalized spacial score (nSPS) is 10.4. The number of hydrogen-bond donors (Lipinski definition) is 2. The number of anilines is 1. The van der Waals surface area contributed by atoms with Crippen molar-refractivity contribution in [2.24, 2.45) is 0 Å². The van der Waals surface area contributed by atoms with Crippen molar-refractivity contribution in [2.75, 3.05) is 19.0 Å². The number of halogens is 1. The summed E-state index contributed by atoms with van der Waals surface area (Å²) >= 11 is 3.68. The molecular weight excluding hydrogens is 461 g/mol. The van der Waals surface area contributed by atoms with Crippen molar-refractivity contribution < 1.29 is 9.53 Å². The van der Waals surface area contributed by atoms with Gasteiger partial charge in [0.15, 0.2) is 5.13 Å². The van der Waals surface area contributed by atoms with Crippen LogP contribution in [0.4, 0.5) is 9.93 Å². The Morgan fingerprint density at radius 1 is 1.15 bits per heavy atom. The molecule has 0 unspecified atom stereocenters. The zero-order valence-electron chi connectivity index (χ0n) is 14.2. The van der Waals surface area contributed by atoms with Crippen LogP contribution in [0.2, 0.25) is 0 Å². The van der Waals surface area contributed by atoms with Gasteiger partial charge in [-0.1, -0.05) is 24.3 Å². The molecular formula is C19H18IN3O2S. The van der Waals surface area contributed by atoms with E-state index in [0.717, 1.165) is 29.0 Å². The second-order valence-electron chi connectivity index (χ2n) is 5.52. The average molecular weight is 479 g/mol. The van der Waals surface area contributed by atoms with E-state index in [1.165, 1.54) is 14.9 Å². The van der Waals surface area contributed by atoms with Gasteiger partial charge in [0.25, 0.3) is 0 Å². The molecule has 7 heteroatoms. The van der Waals surface area contributed by atoms with Gasteiger partial charge in [-0.25, -0.2) is 9.78 Å². The number of carbonyl (C=O) groups is 1. The highest BCUT2D eigenvalue weighted by molar-refractivity contribution is 14.1. The van der Waals surface area contributed by atoms with Crippen LogP contribution in [-0.4, -0.2) is 24.7 Å². The molecule has 1 aromatic heterocycles. The smallest absolute Gasteiger partial charge is 0.321 e. The van der Waals surface area contributed by atoms with Crippen molar-refractivity contribution in [3.8, 4) is 17.0 Å². The number of rotatable bonds is 6. The molecule has 0 spiro atoms. The van der Waals surface area contributed by atoms with Gasteiger partial charge in [0.2, 0.25) is 0 Å². The highest BCUT2D eigenvalue weighted by Gasteiger charge is 2.08. The molecule has 3 aromatic rings. The van der Waals surface area contributed by atoms with E-state index < -0.39 is 0 Å². The van der Waals surface area contributed by atoms with Crippen molar-refractivity contribution in [1.82, 2.24) is 10.3 Å². The highest BCUT2D eigenvalue weighted by Crippen LogP contribution is 2.25. The molecule has 134 valence electrons. The van der Waals surface area contributed by atoms with E-state index in [1.807, 2.05) is 53.9 Å². The monoisotopic (exact) mass is 479 g/mol. The predicted octanol–water partition coefficient (Wildman–Crippen LogP) is 4.79. The lowest BCUT2D eigenvalue weighted by atomic mass is 10.1. The summed E-state index contributed by atoms with van der Waals surface area (Å²) in [7, 11) is 1.64. The molecule has 2 amide bonds. The van der Waals surface area contributed by atoms with Crippen molar-refractivity contribution >= 4 is 45.1 Å². The van der Waals surface area contributed by atoms with Gasteiger partial charge < -0.3 is 10.1 Å². The maximum atomic E-state index is 12.0. The van der Waals surface area contributed by atoms with Crippen LogP contribution < -0.4 is 15.4 Å². The molecule has 0 radical (unpaired) electrons. The lowest BCUT2D eigenvalue weighted by molar-refractivity contribution is 0.252. The van der Waals surface area contributed by atoms with E-state index in [4.69, 9.17) is 4.74 Å². The first-order chi connectivity index (χ1) is 12.6. The Labute approximate surface area is 170 Å². The summed E-state index contributed by atoms with van der Waals surface area (Å²) in [5, 5.41) is 8.16. The van der Waals surface area contributed by atoms with Gasteiger partial charge in [-0.05, 0) is 58.8 Å². The van der Waals surface area contributed by atoms with E-state index in [-0.39, 0.29) is 6.03 Å². The van der Waals surface area contributed by atoms with Gasteiger partial charge in [0.1, 0.15) is 5.75 Å². The summed E-state index contributed by atoms with van der Waals surface area (Å²) in [4.78, 5) is 16.5. The second kappa shape index (κ2) is 9.00. The number of aromatic nitrogens is 1. The minimum Gasteiger partial charge on any atom is -0.497 e. The standard InChI is InChI=1S/C19H18IN3O2S/c1-25-16-8-2-13(3-9-16)10-11-21-18(24)23-19-22-17(12-26-19)14-4-6-15(20)7-5-14/h2-9,12H,10-11H2,1H3,(H2,21,22,23,24). The van der Waals surface area contributed by atoms with Crippen LogP contribution in [0.15, 0.2) is 53.9 Å². The fraction of sp³-hybridized carbons (Fsp3) is 0.158. The van der Waals surface area contributed by atoms with Crippen molar-refractivity contribution in [2.45, 2.75) is 6.42 Å². The number of benzene rings is 2. The van der Waals surface area contributed by atoms with Gasteiger partial charge in [-0.15, -0.1) is 11.3 Å². The average Bonchev–Trinajstić information content (AvgIpc) is 3.11. The maximum Gasteiger partial charge on any atom is 0.321 e. The highest BCUT2D eigenvalue weighted by atomic mass is 127. The number of methoxy groups -OCH3 is 1. The van der Waals surface area contributed by atoms with E-state index in [9.17, 15) is 4.79 Å². The largest absolute Gasteiger partial charge is 0.497 e. The molecule has 0 aliphatic carbocycles. The topological polar surface area (TPSA) is 63.2 Å². The fourth-order valence-corrected chi connectivity index (χ4v) is 3.41. The van der Waals surface area contributed by atoms with E-state index in [0.29, 0.717) is 11.7 Å². The summed E-state index contributed by atoms with van der Waals surface area (Å²) < 4.78 is 6.31. The minimum absolute atomic E-state index is 0.248. The Kier molecular flexibility index (Phi) is 6.45. The predicted molar refractivity (Wildman–Crippen MR) is 114 cm³/mol. The van der Waals surface area contributed by atoms with Crippen LogP contribution in [0.1, 0.15) is 5.56 Å². The molecule has 0 atom stereocenters. The van der Waals surface area contributed by atoms with Crippen LogP contribution in [0.5, 0.6) is 5.75 Å². The van der Waals surface area contributed by atoms with Crippen LogP contribution in [0.3, 0.4) is 0 Å². The first kappa shape index (κ1) is 18.7. The van der Waals surface area contributed by atoms with Crippen molar-refractivity contribution in [3.05, 3.63) is 63.0 Å². The van der Waals surface area contributed by atoms with Gasteiger partial charge in [-0.3, -0.25) is 5.32 Å². The Bertz CT molecular complexity index is 863. The molecule has 0 saturated carbocycles. The van der Waals surface area contributed by atoms with Crippen LogP contribution in [0, 0.1) is 3.57 Å². The molecule has 1 heterocycles. The SMILES string of the molecule is COc1ccc(CCNC(=O)Nc2nc(-c3ccc(I)cc3)cs2)cc1. The molecule has 2 N–H and O–H groups in total. The quantitative estimate of drug-likeness (QED) is 0.500. The Morgan fingerprint density at radius 3 is 2.58 bits per heavy atom.